The minimum atomic E-state index is -0.313. The second-order valence-electron chi connectivity index (χ2n) is 7.87. The summed E-state index contributed by atoms with van der Waals surface area (Å²) in [6.07, 6.45) is 4.39. The van der Waals surface area contributed by atoms with Gasteiger partial charge in [-0.05, 0) is 56.9 Å². The van der Waals surface area contributed by atoms with Crippen LogP contribution in [0.1, 0.15) is 53.3 Å². The van der Waals surface area contributed by atoms with Crippen molar-refractivity contribution >= 4 is 41.0 Å². The van der Waals surface area contributed by atoms with E-state index in [1.54, 1.807) is 31.2 Å². The van der Waals surface area contributed by atoms with Crippen LogP contribution in [0.2, 0.25) is 10.0 Å². The first-order valence-corrected chi connectivity index (χ1v) is 11.9. The average molecular weight is 508 g/mol. The highest BCUT2D eigenvalue weighted by molar-refractivity contribution is 6.42. The Bertz CT molecular complexity index is 1010. The minimum absolute atomic E-state index is 0.0167. The van der Waals surface area contributed by atoms with Crippen molar-refractivity contribution in [3.05, 3.63) is 57.7 Å². The topological polar surface area (TPSA) is 107 Å². The Kier molecular flexibility index (Phi) is 9.53. The normalized spacial score (nSPS) is 17.5. The molecular formula is C24H27Cl2N3O5. The SMILES string of the molecule is CCOC(=O)[C@H]1CC[C@@H](Oc2ccc(C(=O)NCCNC(=O)c3ccc(Cl)c(Cl)c3)cn2)CC1. The zero-order valence-corrected chi connectivity index (χ0v) is 20.3. The lowest BCUT2D eigenvalue weighted by molar-refractivity contribution is -0.149. The van der Waals surface area contributed by atoms with Crippen molar-refractivity contribution in [3.63, 3.8) is 0 Å². The second-order valence-corrected chi connectivity index (χ2v) is 8.68. The molecule has 2 amide bonds. The molecule has 2 N–H and O–H groups in total. The highest BCUT2D eigenvalue weighted by atomic mass is 35.5. The summed E-state index contributed by atoms with van der Waals surface area (Å²) in [5, 5.41) is 6.10. The number of benzene rings is 1. The molecule has 10 heteroatoms. The second kappa shape index (κ2) is 12.6. The number of aromatic nitrogens is 1. The van der Waals surface area contributed by atoms with Crippen LogP contribution in [0.4, 0.5) is 0 Å². The van der Waals surface area contributed by atoms with Gasteiger partial charge in [0, 0.05) is 30.9 Å². The lowest BCUT2D eigenvalue weighted by Gasteiger charge is -2.27. The number of halogens is 2. The summed E-state index contributed by atoms with van der Waals surface area (Å²) in [6, 6.07) is 7.90. The summed E-state index contributed by atoms with van der Waals surface area (Å²) < 4.78 is 11.0. The van der Waals surface area contributed by atoms with E-state index < -0.39 is 0 Å². The first-order chi connectivity index (χ1) is 16.4. The van der Waals surface area contributed by atoms with Gasteiger partial charge in [-0.1, -0.05) is 23.2 Å². The number of rotatable bonds is 9. The van der Waals surface area contributed by atoms with Gasteiger partial charge < -0.3 is 20.1 Å². The van der Waals surface area contributed by atoms with Gasteiger partial charge >= 0.3 is 5.97 Å². The van der Waals surface area contributed by atoms with Gasteiger partial charge in [0.25, 0.3) is 11.8 Å². The predicted octanol–water partition coefficient (Wildman–Crippen LogP) is 4.05. The van der Waals surface area contributed by atoms with Crippen LogP contribution in [0.15, 0.2) is 36.5 Å². The van der Waals surface area contributed by atoms with Crippen LogP contribution in [0, 0.1) is 5.92 Å². The highest BCUT2D eigenvalue weighted by Gasteiger charge is 2.28. The first kappa shape index (κ1) is 25.8. The van der Waals surface area contributed by atoms with E-state index in [9.17, 15) is 14.4 Å². The summed E-state index contributed by atoms with van der Waals surface area (Å²) in [4.78, 5) is 40.5. The number of nitrogens with zero attached hydrogens (tertiary/aromatic N) is 1. The number of carbonyl (C=O) groups excluding carboxylic acids is 3. The van der Waals surface area contributed by atoms with Gasteiger partial charge in [-0.3, -0.25) is 14.4 Å². The molecule has 1 aliphatic carbocycles. The van der Waals surface area contributed by atoms with Crippen molar-refractivity contribution in [1.29, 1.82) is 0 Å². The van der Waals surface area contributed by atoms with Crippen LogP contribution < -0.4 is 15.4 Å². The van der Waals surface area contributed by atoms with Crippen LogP contribution in [0.3, 0.4) is 0 Å². The maximum absolute atomic E-state index is 12.3. The molecule has 0 spiro atoms. The largest absolute Gasteiger partial charge is 0.474 e. The maximum atomic E-state index is 12.3. The van der Waals surface area contributed by atoms with Crippen molar-refractivity contribution in [2.75, 3.05) is 19.7 Å². The average Bonchev–Trinajstić information content (AvgIpc) is 2.84. The third kappa shape index (κ3) is 7.33. The Hall–Kier alpha value is -2.84. The van der Waals surface area contributed by atoms with E-state index in [1.807, 2.05) is 0 Å². The van der Waals surface area contributed by atoms with E-state index in [0.29, 0.717) is 33.7 Å². The van der Waals surface area contributed by atoms with Gasteiger partial charge in [-0.15, -0.1) is 0 Å². The van der Waals surface area contributed by atoms with E-state index in [1.165, 1.54) is 12.3 Å². The molecule has 3 rings (SSSR count). The van der Waals surface area contributed by atoms with E-state index in [-0.39, 0.29) is 42.9 Å². The minimum Gasteiger partial charge on any atom is -0.474 e. The Morgan fingerprint density at radius 2 is 1.59 bits per heavy atom. The van der Waals surface area contributed by atoms with Crippen LogP contribution >= 0.6 is 23.2 Å². The fourth-order valence-electron chi connectivity index (χ4n) is 3.63. The summed E-state index contributed by atoms with van der Waals surface area (Å²) in [5.74, 6) is -0.383. The van der Waals surface area contributed by atoms with Crippen molar-refractivity contribution in [2.24, 2.45) is 5.92 Å². The molecule has 0 unspecified atom stereocenters. The fourth-order valence-corrected chi connectivity index (χ4v) is 3.92. The Balaban J connectivity index is 1.38. The molecule has 1 aromatic heterocycles. The van der Waals surface area contributed by atoms with Crippen molar-refractivity contribution < 1.29 is 23.9 Å². The Morgan fingerprint density at radius 1 is 0.941 bits per heavy atom. The highest BCUT2D eigenvalue weighted by Crippen LogP contribution is 2.28. The standard InChI is InChI=1S/C24H27Cl2N3O5/c1-2-33-24(32)15-3-7-18(8-4-15)34-21-10-6-17(14-29-21)23(31)28-12-11-27-22(30)16-5-9-19(25)20(26)13-16/h5-6,9-10,13-15,18H,2-4,7-8,11-12H2,1H3,(H,27,30)(H,28,31)/t15-,18+. The molecule has 0 aliphatic heterocycles. The molecule has 1 aliphatic rings. The monoisotopic (exact) mass is 507 g/mol. The lowest BCUT2D eigenvalue weighted by atomic mass is 9.87. The summed E-state index contributed by atoms with van der Waals surface area (Å²) in [6.45, 7) is 2.69. The number of hydrogen-bond donors (Lipinski definition) is 2. The first-order valence-electron chi connectivity index (χ1n) is 11.2. The van der Waals surface area contributed by atoms with Gasteiger partial charge in [0.2, 0.25) is 5.88 Å². The molecule has 0 saturated heterocycles. The summed E-state index contributed by atoms with van der Waals surface area (Å²) in [7, 11) is 0. The van der Waals surface area contributed by atoms with Gasteiger partial charge in [0.05, 0.1) is 28.1 Å². The molecule has 0 atom stereocenters. The maximum Gasteiger partial charge on any atom is 0.308 e. The van der Waals surface area contributed by atoms with Gasteiger partial charge in [0.15, 0.2) is 0 Å². The zero-order valence-electron chi connectivity index (χ0n) is 18.8. The molecule has 182 valence electrons. The van der Waals surface area contributed by atoms with Crippen LogP contribution in [0.25, 0.3) is 0 Å². The molecule has 0 radical (unpaired) electrons. The third-order valence-electron chi connectivity index (χ3n) is 5.46. The van der Waals surface area contributed by atoms with E-state index >= 15 is 0 Å². The molecular weight excluding hydrogens is 481 g/mol. The number of esters is 1. The molecule has 1 heterocycles. The molecule has 8 nitrogen and oxygen atoms in total. The van der Waals surface area contributed by atoms with Crippen LogP contribution in [-0.2, 0) is 9.53 Å². The number of pyridine rings is 1. The lowest BCUT2D eigenvalue weighted by Crippen LogP contribution is -2.34. The zero-order chi connectivity index (χ0) is 24.5. The summed E-state index contributed by atoms with van der Waals surface area (Å²) in [5.41, 5.74) is 0.768. The number of carbonyl (C=O) groups is 3. The van der Waals surface area contributed by atoms with Crippen molar-refractivity contribution in [1.82, 2.24) is 15.6 Å². The number of hydrogen-bond acceptors (Lipinski definition) is 6. The van der Waals surface area contributed by atoms with Gasteiger partial charge in [0.1, 0.15) is 6.10 Å². The van der Waals surface area contributed by atoms with E-state index in [4.69, 9.17) is 32.7 Å². The van der Waals surface area contributed by atoms with Crippen LogP contribution in [0.5, 0.6) is 5.88 Å². The van der Waals surface area contributed by atoms with E-state index in [0.717, 1.165) is 25.7 Å². The Labute approximate surface area is 208 Å². The molecule has 0 bridgehead atoms. The summed E-state index contributed by atoms with van der Waals surface area (Å²) >= 11 is 11.8. The number of nitrogens with one attached hydrogen (secondary N) is 2. The van der Waals surface area contributed by atoms with Gasteiger partial charge in [-0.2, -0.15) is 0 Å². The smallest absolute Gasteiger partial charge is 0.308 e. The predicted molar refractivity (Wildman–Crippen MR) is 128 cm³/mol. The fraction of sp³-hybridized carbons (Fsp3) is 0.417. The van der Waals surface area contributed by atoms with Crippen LogP contribution in [-0.4, -0.2) is 48.6 Å². The van der Waals surface area contributed by atoms with Gasteiger partial charge in [-0.25, -0.2) is 4.98 Å². The molecule has 1 saturated carbocycles. The van der Waals surface area contributed by atoms with E-state index in [2.05, 4.69) is 15.6 Å². The van der Waals surface area contributed by atoms with Crippen molar-refractivity contribution in [2.45, 2.75) is 38.7 Å². The third-order valence-corrected chi connectivity index (χ3v) is 6.20. The number of ether oxygens (including phenoxy) is 2. The molecule has 2 aromatic rings. The molecule has 34 heavy (non-hydrogen) atoms. The molecule has 1 aromatic carbocycles. The Morgan fingerprint density at radius 3 is 2.18 bits per heavy atom. The quantitative estimate of drug-likeness (QED) is 0.391. The number of amides is 2. The molecule has 1 fully saturated rings. The van der Waals surface area contributed by atoms with Crippen molar-refractivity contribution in [3.8, 4) is 5.88 Å².